The zero-order chi connectivity index (χ0) is 11.4. The second-order valence-electron chi connectivity index (χ2n) is 5.77. The lowest BCUT2D eigenvalue weighted by molar-refractivity contribution is 0.137. The fourth-order valence-electron chi connectivity index (χ4n) is 2.81. The first kappa shape index (κ1) is 12.4. The molecular weight excluding hydrogens is 196 g/mol. The Morgan fingerprint density at radius 3 is 2.75 bits per heavy atom. The van der Waals surface area contributed by atoms with Crippen LogP contribution in [0.5, 0.6) is 0 Å². The molecule has 0 spiro atoms. The second-order valence-corrected chi connectivity index (χ2v) is 5.77. The Morgan fingerprint density at radius 1 is 1.25 bits per heavy atom. The van der Waals surface area contributed by atoms with Crippen LogP contribution < -0.4 is 5.32 Å². The summed E-state index contributed by atoms with van der Waals surface area (Å²) in [6, 6.07) is 2.45. The molecule has 0 aromatic carbocycles. The van der Waals surface area contributed by atoms with Crippen molar-refractivity contribution in [2.24, 2.45) is 0 Å². The molecule has 2 aliphatic rings. The lowest BCUT2D eigenvalue weighted by Crippen LogP contribution is -2.49. The topological polar surface area (TPSA) is 15.3 Å². The summed E-state index contributed by atoms with van der Waals surface area (Å²) in [6.07, 6.45) is 9.73. The molecule has 2 nitrogen and oxygen atoms in total. The van der Waals surface area contributed by atoms with Gasteiger partial charge in [0, 0.05) is 24.7 Å². The van der Waals surface area contributed by atoms with Crippen molar-refractivity contribution in [1.82, 2.24) is 10.2 Å². The molecule has 2 rings (SSSR count). The first-order valence-corrected chi connectivity index (χ1v) is 7.29. The predicted molar refractivity (Wildman–Crippen MR) is 69.7 cm³/mol. The summed E-state index contributed by atoms with van der Waals surface area (Å²) in [5.74, 6) is 0. The van der Waals surface area contributed by atoms with Crippen LogP contribution >= 0.6 is 0 Å². The Kier molecular flexibility index (Phi) is 4.66. The van der Waals surface area contributed by atoms with Gasteiger partial charge in [-0.1, -0.05) is 19.8 Å². The van der Waals surface area contributed by atoms with Gasteiger partial charge in [0.2, 0.25) is 0 Å². The van der Waals surface area contributed by atoms with Crippen LogP contribution in [0.2, 0.25) is 0 Å². The van der Waals surface area contributed by atoms with Crippen molar-refractivity contribution in [3.8, 4) is 0 Å². The molecule has 94 valence electrons. The Morgan fingerprint density at radius 2 is 2.06 bits per heavy atom. The molecule has 2 heteroatoms. The minimum atomic E-state index is 0.783. The minimum Gasteiger partial charge on any atom is -0.310 e. The highest BCUT2D eigenvalue weighted by Crippen LogP contribution is 2.23. The lowest BCUT2D eigenvalue weighted by atomic mass is 10.0. The molecular formula is C14H28N2. The molecule has 0 aromatic heterocycles. The summed E-state index contributed by atoms with van der Waals surface area (Å²) in [4.78, 5) is 2.71. The van der Waals surface area contributed by atoms with E-state index >= 15 is 0 Å². The van der Waals surface area contributed by atoms with Crippen LogP contribution in [0.25, 0.3) is 0 Å². The highest BCUT2D eigenvalue weighted by molar-refractivity contribution is 4.88. The number of unbranched alkanes of at least 4 members (excludes halogenated alkanes) is 1. The van der Waals surface area contributed by atoms with Gasteiger partial charge in [-0.15, -0.1) is 0 Å². The Bertz CT molecular complexity index is 201. The lowest BCUT2D eigenvalue weighted by Gasteiger charge is -2.37. The molecule has 2 fully saturated rings. The number of hydrogen-bond acceptors (Lipinski definition) is 2. The first-order valence-electron chi connectivity index (χ1n) is 7.29. The number of nitrogens with one attached hydrogen (secondary N) is 1. The van der Waals surface area contributed by atoms with Crippen LogP contribution in [0.4, 0.5) is 0 Å². The third-order valence-corrected chi connectivity index (χ3v) is 4.10. The number of rotatable bonds is 6. The highest BCUT2D eigenvalue weighted by atomic mass is 15.2. The molecule has 1 heterocycles. The maximum absolute atomic E-state index is 3.79. The van der Waals surface area contributed by atoms with Gasteiger partial charge < -0.3 is 5.32 Å². The Hall–Kier alpha value is -0.0800. The largest absolute Gasteiger partial charge is 0.310 e. The van der Waals surface area contributed by atoms with Crippen molar-refractivity contribution >= 4 is 0 Å². The maximum atomic E-state index is 3.79. The summed E-state index contributed by atoms with van der Waals surface area (Å²) >= 11 is 0. The Labute approximate surface area is 101 Å². The molecule has 1 N–H and O–H groups in total. The van der Waals surface area contributed by atoms with E-state index in [2.05, 4.69) is 24.1 Å². The van der Waals surface area contributed by atoms with Crippen LogP contribution in [0.15, 0.2) is 0 Å². The standard InChI is InChI=1S/C14H28N2/c1-3-4-6-12(2)16-10-5-7-14(11-16)15-13-8-9-13/h12-15H,3-11H2,1-2H3. The molecule has 0 bridgehead atoms. The average Bonchev–Trinajstić information content (AvgIpc) is 3.10. The van der Waals surface area contributed by atoms with Gasteiger partial charge in [-0.2, -0.15) is 0 Å². The number of piperidine rings is 1. The van der Waals surface area contributed by atoms with Crippen LogP contribution in [0, 0.1) is 0 Å². The van der Waals surface area contributed by atoms with Crippen LogP contribution in [-0.2, 0) is 0 Å². The molecule has 2 atom stereocenters. The minimum absolute atomic E-state index is 0.783. The van der Waals surface area contributed by atoms with Crippen LogP contribution in [-0.4, -0.2) is 36.1 Å². The molecule has 0 radical (unpaired) electrons. The van der Waals surface area contributed by atoms with E-state index in [1.54, 1.807) is 0 Å². The molecule has 2 unspecified atom stereocenters. The fourth-order valence-corrected chi connectivity index (χ4v) is 2.81. The molecule has 16 heavy (non-hydrogen) atoms. The van der Waals surface area contributed by atoms with Crippen molar-refractivity contribution in [2.45, 2.75) is 76.9 Å². The SMILES string of the molecule is CCCCC(C)N1CCCC(NC2CC2)C1. The van der Waals surface area contributed by atoms with E-state index in [0.29, 0.717) is 0 Å². The highest BCUT2D eigenvalue weighted by Gasteiger charge is 2.28. The summed E-state index contributed by atoms with van der Waals surface area (Å²) in [5.41, 5.74) is 0. The van der Waals surface area contributed by atoms with Crippen molar-refractivity contribution in [1.29, 1.82) is 0 Å². The quantitative estimate of drug-likeness (QED) is 0.746. The van der Waals surface area contributed by atoms with E-state index in [9.17, 15) is 0 Å². The predicted octanol–water partition coefficient (Wildman–Crippen LogP) is 2.78. The van der Waals surface area contributed by atoms with Gasteiger partial charge >= 0.3 is 0 Å². The van der Waals surface area contributed by atoms with Gasteiger partial charge in [0.1, 0.15) is 0 Å². The number of nitrogens with zero attached hydrogens (tertiary/aromatic N) is 1. The van der Waals surface area contributed by atoms with Gasteiger partial charge in [-0.05, 0) is 45.6 Å². The van der Waals surface area contributed by atoms with Crippen molar-refractivity contribution in [3.63, 3.8) is 0 Å². The van der Waals surface area contributed by atoms with Gasteiger partial charge in [-0.3, -0.25) is 4.90 Å². The molecule has 1 saturated carbocycles. The normalized spacial score (nSPS) is 29.2. The smallest absolute Gasteiger partial charge is 0.0198 e. The molecule has 1 aliphatic heterocycles. The van der Waals surface area contributed by atoms with E-state index in [0.717, 1.165) is 18.1 Å². The molecule has 1 aliphatic carbocycles. The summed E-state index contributed by atoms with van der Waals surface area (Å²) in [7, 11) is 0. The van der Waals surface area contributed by atoms with Gasteiger partial charge in [0.15, 0.2) is 0 Å². The van der Waals surface area contributed by atoms with E-state index in [1.165, 1.54) is 58.0 Å². The van der Waals surface area contributed by atoms with Gasteiger partial charge in [-0.25, -0.2) is 0 Å². The number of likely N-dealkylation sites (tertiary alicyclic amines) is 1. The zero-order valence-electron chi connectivity index (χ0n) is 11.0. The molecule has 0 amide bonds. The third-order valence-electron chi connectivity index (χ3n) is 4.10. The average molecular weight is 224 g/mol. The van der Waals surface area contributed by atoms with Crippen LogP contribution in [0.3, 0.4) is 0 Å². The summed E-state index contributed by atoms with van der Waals surface area (Å²) < 4.78 is 0. The second kappa shape index (κ2) is 6.02. The maximum Gasteiger partial charge on any atom is 0.0198 e. The molecule has 0 aromatic rings. The van der Waals surface area contributed by atoms with E-state index in [1.807, 2.05) is 0 Å². The van der Waals surface area contributed by atoms with Crippen molar-refractivity contribution in [3.05, 3.63) is 0 Å². The van der Waals surface area contributed by atoms with Crippen molar-refractivity contribution < 1.29 is 0 Å². The summed E-state index contributed by atoms with van der Waals surface area (Å²) in [5, 5.41) is 3.79. The van der Waals surface area contributed by atoms with E-state index < -0.39 is 0 Å². The van der Waals surface area contributed by atoms with E-state index in [4.69, 9.17) is 0 Å². The zero-order valence-corrected chi connectivity index (χ0v) is 11.0. The van der Waals surface area contributed by atoms with Crippen LogP contribution in [0.1, 0.15) is 58.8 Å². The van der Waals surface area contributed by atoms with Crippen molar-refractivity contribution in [2.75, 3.05) is 13.1 Å². The number of hydrogen-bond donors (Lipinski definition) is 1. The summed E-state index contributed by atoms with van der Waals surface area (Å²) in [6.45, 7) is 7.32. The van der Waals surface area contributed by atoms with Gasteiger partial charge in [0.05, 0.1) is 0 Å². The third kappa shape index (κ3) is 3.74. The Balaban J connectivity index is 1.71. The van der Waals surface area contributed by atoms with E-state index in [-0.39, 0.29) is 0 Å². The fraction of sp³-hybridized carbons (Fsp3) is 1.00. The monoisotopic (exact) mass is 224 g/mol. The first-order chi connectivity index (χ1) is 7.79. The molecule has 1 saturated heterocycles. The van der Waals surface area contributed by atoms with Gasteiger partial charge in [0.25, 0.3) is 0 Å².